The van der Waals surface area contributed by atoms with Gasteiger partial charge >= 0.3 is 5.97 Å². The molecule has 94 valence electrons. The summed E-state index contributed by atoms with van der Waals surface area (Å²) in [6, 6.07) is 7.01. The lowest BCUT2D eigenvalue weighted by atomic mass is 10.1. The van der Waals surface area contributed by atoms with Crippen LogP contribution in [0.3, 0.4) is 0 Å². The molecule has 1 atom stereocenters. The zero-order valence-corrected chi connectivity index (χ0v) is 10.9. The topological polar surface area (TPSA) is 55.4 Å². The van der Waals surface area contributed by atoms with E-state index in [1.54, 1.807) is 12.3 Å². The van der Waals surface area contributed by atoms with Crippen molar-refractivity contribution in [3.05, 3.63) is 35.2 Å². The van der Waals surface area contributed by atoms with Gasteiger partial charge in [0.25, 0.3) is 5.91 Å². The van der Waals surface area contributed by atoms with Crippen LogP contribution in [0.5, 0.6) is 0 Å². The average Bonchev–Trinajstić information content (AvgIpc) is 2.81. The second kappa shape index (κ2) is 5.18. The van der Waals surface area contributed by atoms with E-state index in [2.05, 4.69) is 10.1 Å². The summed E-state index contributed by atoms with van der Waals surface area (Å²) in [5, 5.41) is 5.31. The van der Waals surface area contributed by atoms with Crippen molar-refractivity contribution in [3.8, 4) is 0 Å². The van der Waals surface area contributed by atoms with Gasteiger partial charge in [-0.25, -0.2) is 4.79 Å². The molecule has 1 heterocycles. The molecule has 0 aliphatic carbocycles. The number of carbonyl (C=O) groups is 2. The van der Waals surface area contributed by atoms with Crippen LogP contribution in [0.25, 0.3) is 10.1 Å². The summed E-state index contributed by atoms with van der Waals surface area (Å²) >= 11 is 1.51. The third kappa shape index (κ3) is 2.36. The van der Waals surface area contributed by atoms with E-state index in [1.807, 2.05) is 24.3 Å². The summed E-state index contributed by atoms with van der Waals surface area (Å²) < 4.78 is 5.62. The van der Waals surface area contributed by atoms with Crippen molar-refractivity contribution in [2.24, 2.45) is 0 Å². The monoisotopic (exact) mass is 263 g/mol. The van der Waals surface area contributed by atoms with Crippen LogP contribution >= 0.6 is 11.3 Å². The second-order valence-electron chi connectivity index (χ2n) is 3.86. The average molecular weight is 263 g/mol. The minimum Gasteiger partial charge on any atom is -0.467 e. The standard InChI is InChI=1S/C13H13NO3S/c1-8(13(16)17-2)14-12(15)10-7-18-11-6-4-3-5-9(10)11/h3-8H,1-2H3,(H,14,15)/t8-/m0/s1. The van der Waals surface area contributed by atoms with E-state index in [-0.39, 0.29) is 5.91 Å². The molecule has 4 nitrogen and oxygen atoms in total. The number of benzene rings is 1. The fourth-order valence-corrected chi connectivity index (χ4v) is 2.60. The highest BCUT2D eigenvalue weighted by molar-refractivity contribution is 7.17. The molecule has 1 aromatic carbocycles. The maximum absolute atomic E-state index is 12.0. The maximum atomic E-state index is 12.0. The molecule has 0 saturated carbocycles. The lowest BCUT2D eigenvalue weighted by Crippen LogP contribution is -2.39. The van der Waals surface area contributed by atoms with Gasteiger partial charge in [0.05, 0.1) is 12.7 Å². The van der Waals surface area contributed by atoms with Crippen LogP contribution in [0.15, 0.2) is 29.6 Å². The van der Waals surface area contributed by atoms with Crippen molar-refractivity contribution in [1.82, 2.24) is 5.32 Å². The molecule has 0 radical (unpaired) electrons. The first kappa shape index (κ1) is 12.6. The summed E-state index contributed by atoms with van der Waals surface area (Å²) in [6.07, 6.45) is 0. The molecule has 0 bridgehead atoms. The Balaban J connectivity index is 2.21. The third-order valence-electron chi connectivity index (χ3n) is 2.63. The lowest BCUT2D eigenvalue weighted by Gasteiger charge is -2.10. The first-order chi connectivity index (χ1) is 8.63. The molecule has 0 aliphatic rings. The summed E-state index contributed by atoms with van der Waals surface area (Å²) in [6.45, 7) is 1.60. The Hall–Kier alpha value is -1.88. The minimum absolute atomic E-state index is 0.259. The zero-order valence-electron chi connectivity index (χ0n) is 10.1. The molecular formula is C13H13NO3S. The molecule has 2 rings (SSSR count). The Morgan fingerprint density at radius 3 is 2.78 bits per heavy atom. The van der Waals surface area contributed by atoms with Gasteiger partial charge < -0.3 is 10.1 Å². The highest BCUT2D eigenvalue weighted by Gasteiger charge is 2.18. The van der Waals surface area contributed by atoms with Crippen LogP contribution in [0.2, 0.25) is 0 Å². The molecule has 2 aromatic rings. The van der Waals surface area contributed by atoms with Crippen LogP contribution in [-0.2, 0) is 9.53 Å². The maximum Gasteiger partial charge on any atom is 0.328 e. The van der Waals surface area contributed by atoms with Crippen LogP contribution < -0.4 is 5.32 Å². The molecule has 0 spiro atoms. The van der Waals surface area contributed by atoms with Gasteiger partial charge in [-0.05, 0) is 13.0 Å². The molecular weight excluding hydrogens is 250 g/mol. The molecule has 1 aromatic heterocycles. The second-order valence-corrected chi connectivity index (χ2v) is 4.78. The van der Waals surface area contributed by atoms with Crippen molar-refractivity contribution >= 4 is 33.3 Å². The predicted octanol–water partition coefficient (Wildman–Crippen LogP) is 2.19. The van der Waals surface area contributed by atoms with Crippen molar-refractivity contribution in [2.45, 2.75) is 13.0 Å². The Morgan fingerprint density at radius 1 is 1.33 bits per heavy atom. The molecule has 18 heavy (non-hydrogen) atoms. The molecule has 0 unspecified atom stereocenters. The largest absolute Gasteiger partial charge is 0.467 e. The summed E-state index contributed by atoms with van der Waals surface area (Å²) in [4.78, 5) is 23.3. The van der Waals surface area contributed by atoms with Crippen molar-refractivity contribution < 1.29 is 14.3 Å². The van der Waals surface area contributed by atoms with E-state index in [4.69, 9.17) is 0 Å². The number of thiophene rings is 1. The molecule has 0 aliphatic heterocycles. The van der Waals surface area contributed by atoms with E-state index in [9.17, 15) is 9.59 Å². The van der Waals surface area contributed by atoms with Gasteiger partial charge in [-0.15, -0.1) is 11.3 Å². The number of fused-ring (bicyclic) bond motifs is 1. The highest BCUT2D eigenvalue weighted by Crippen LogP contribution is 2.25. The van der Waals surface area contributed by atoms with Crippen LogP contribution in [0, 0.1) is 0 Å². The number of hydrogen-bond acceptors (Lipinski definition) is 4. The number of rotatable bonds is 3. The summed E-state index contributed by atoms with van der Waals surface area (Å²) in [5.74, 6) is -0.715. The van der Waals surface area contributed by atoms with Gasteiger partial charge in [-0.1, -0.05) is 18.2 Å². The van der Waals surface area contributed by atoms with Gasteiger partial charge in [0.2, 0.25) is 0 Å². The van der Waals surface area contributed by atoms with Gasteiger partial charge in [-0.2, -0.15) is 0 Å². The number of esters is 1. The third-order valence-corrected chi connectivity index (χ3v) is 3.59. The van der Waals surface area contributed by atoms with Crippen molar-refractivity contribution in [2.75, 3.05) is 7.11 Å². The van der Waals surface area contributed by atoms with E-state index in [1.165, 1.54) is 18.4 Å². The van der Waals surface area contributed by atoms with Crippen molar-refractivity contribution in [3.63, 3.8) is 0 Å². The molecule has 1 N–H and O–H groups in total. The molecule has 0 saturated heterocycles. The lowest BCUT2D eigenvalue weighted by molar-refractivity contribution is -0.142. The zero-order chi connectivity index (χ0) is 13.1. The minimum atomic E-state index is -0.652. The quantitative estimate of drug-likeness (QED) is 0.864. The number of hydrogen-bond donors (Lipinski definition) is 1. The molecule has 0 fully saturated rings. The van der Waals surface area contributed by atoms with E-state index >= 15 is 0 Å². The number of carbonyl (C=O) groups excluding carboxylic acids is 2. The Bertz CT molecular complexity index is 591. The van der Waals surface area contributed by atoms with Crippen LogP contribution in [0.1, 0.15) is 17.3 Å². The van der Waals surface area contributed by atoms with Crippen molar-refractivity contribution in [1.29, 1.82) is 0 Å². The fraction of sp³-hybridized carbons (Fsp3) is 0.231. The molecule has 5 heteroatoms. The fourth-order valence-electron chi connectivity index (χ4n) is 1.66. The predicted molar refractivity (Wildman–Crippen MR) is 70.8 cm³/mol. The Morgan fingerprint density at radius 2 is 2.06 bits per heavy atom. The Kier molecular flexibility index (Phi) is 3.62. The Labute approximate surface area is 109 Å². The SMILES string of the molecule is COC(=O)[C@H](C)NC(=O)c1csc2ccccc12. The van der Waals surface area contributed by atoms with Gasteiger partial charge in [0.1, 0.15) is 6.04 Å². The first-order valence-electron chi connectivity index (χ1n) is 5.48. The van der Waals surface area contributed by atoms with Crippen LogP contribution in [-0.4, -0.2) is 25.0 Å². The summed E-state index contributed by atoms with van der Waals surface area (Å²) in [7, 11) is 1.30. The summed E-state index contributed by atoms with van der Waals surface area (Å²) in [5.41, 5.74) is 0.589. The number of nitrogens with one attached hydrogen (secondary N) is 1. The highest BCUT2D eigenvalue weighted by atomic mass is 32.1. The van der Waals surface area contributed by atoms with Gasteiger partial charge in [-0.3, -0.25) is 4.79 Å². The van der Waals surface area contributed by atoms with Crippen LogP contribution in [0.4, 0.5) is 0 Å². The van der Waals surface area contributed by atoms with Gasteiger partial charge in [0, 0.05) is 15.5 Å². The van der Waals surface area contributed by atoms with E-state index < -0.39 is 12.0 Å². The number of ether oxygens (including phenoxy) is 1. The molecule has 1 amide bonds. The van der Waals surface area contributed by atoms with E-state index in [0.717, 1.165) is 10.1 Å². The number of methoxy groups -OCH3 is 1. The number of amides is 1. The van der Waals surface area contributed by atoms with Gasteiger partial charge in [0.15, 0.2) is 0 Å². The van der Waals surface area contributed by atoms with E-state index in [0.29, 0.717) is 5.56 Å². The normalized spacial score (nSPS) is 12.1. The first-order valence-corrected chi connectivity index (χ1v) is 6.36. The smallest absolute Gasteiger partial charge is 0.328 e.